The number of Topliss-reactive ketones (excluding diaryl/α,β-unsaturated/α-hetero) is 1. The van der Waals surface area contributed by atoms with Crippen molar-refractivity contribution in [2.45, 2.75) is 25.3 Å². The van der Waals surface area contributed by atoms with Gasteiger partial charge in [-0.15, -0.1) is 0 Å². The van der Waals surface area contributed by atoms with Crippen LogP contribution in [0.1, 0.15) is 29.6 Å². The van der Waals surface area contributed by atoms with Crippen LogP contribution in [0.5, 0.6) is 0 Å². The summed E-state index contributed by atoms with van der Waals surface area (Å²) >= 11 is 5.94. The molecule has 0 radical (unpaired) electrons. The maximum Gasteiger partial charge on any atom is 0.181 e. The van der Waals surface area contributed by atoms with Gasteiger partial charge >= 0.3 is 0 Å². The zero-order chi connectivity index (χ0) is 10.8. The molecular formula is C12H14ClNO. The molecule has 1 atom stereocenters. The quantitative estimate of drug-likeness (QED) is 0.798. The molecule has 15 heavy (non-hydrogen) atoms. The predicted octanol–water partition coefficient (Wildman–Crippen LogP) is 2.65. The Labute approximate surface area is 94.4 Å². The third-order valence-corrected chi connectivity index (χ3v) is 3.09. The van der Waals surface area contributed by atoms with Crippen LogP contribution < -0.4 is 5.73 Å². The lowest BCUT2D eigenvalue weighted by atomic mass is 10.0. The fourth-order valence-corrected chi connectivity index (χ4v) is 1.91. The molecule has 2 rings (SSSR count). The van der Waals surface area contributed by atoms with Crippen molar-refractivity contribution in [3.8, 4) is 0 Å². The highest BCUT2D eigenvalue weighted by Crippen LogP contribution is 2.33. The third-order valence-electron chi connectivity index (χ3n) is 2.76. The second-order valence-corrected chi connectivity index (χ2v) is 4.54. The number of rotatable bonds is 4. The molecule has 2 N–H and O–H groups in total. The number of carbonyl (C=O) groups is 1. The molecule has 0 amide bonds. The van der Waals surface area contributed by atoms with E-state index in [9.17, 15) is 4.79 Å². The summed E-state index contributed by atoms with van der Waals surface area (Å²) in [4.78, 5) is 11.9. The number of nitrogens with two attached hydrogens (primary N) is 1. The molecule has 80 valence electrons. The lowest BCUT2D eigenvalue weighted by molar-refractivity contribution is 0.0954. The highest BCUT2D eigenvalue weighted by molar-refractivity contribution is 6.34. The molecule has 0 aromatic heterocycles. The number of hydrogen-bond donors (Lipinski definition) is 1. The van der Waals surface area contributed by atoms with Crippen LogP contribution in [0, 0.1) is 5.92 Å². The lowest BCUT2D eigenvalue weighted by Gasteiger charge is -2.10. The van der Waals surface area contributed by atoms with E-state index in [4.69, 9.17) is 17.3 Å². The second kappa shape index (κ2) is 4.33. The molecule has 1 unspecified atom stereocenters. The van der Waals surface area contributed by atoms with E-state index in [-0.39, 0.29) is 5.78 Å². The van der Waals surface area contributed by atoms with Crippen LogP contribution in [0.2, 0.25) is 5.02 Å². The summed E-state index contributed by atoms with van der Waals surface area (Å²) in [7, 11) is 0. The van der Waals surface area contributed by atoms with Gasteiger partial charge in [-0.1, -0.05) is 36.6 Å². The standard InChI is InChI=1S/C12H14ClNO/c13-10-4-2-1-3-9(10)12(15)11(14)7-8-5-6-8/h1-4,8,11H,5-7,14H2. The van der Waals surface area contributed by atoms with E-state index in [0.29, 0.717) is 16.5 Å². The maximum absolute atomic E-state index is 11.9. The fraction of sp³-hybridized carbons (Fsp3) is 0.417. The van der Waals surface area contributed by atoms with Crippen molar-refractivity contribution in [2.75, 3.05) is 0 Å². The Balaban J connectivity index is 2.08. The fourth-order valence-electron chi connectivity index (χ4n) is 1.68. The number of halogens is 1. The first-order valence-corrected chi connectivity index (χ1v) is 5.60. The molecule has 0 spiro atoms. The smallest absolute Gasteiger partial charge is 0.181 e. The normalized spacial score (nSPS) is 17.5. The van der Waals surface area contributed by atoms with Crippen LogP contribution in [0.25, 0.3) is 0 Å². The summed E-state index contributed by atoms with van der Waals surface area (Å²) in [5.41, 5.74) is 6.40. The van der Waals surface area contributed by atoms with Crippen LogP contribution in [0.15, 0.2) is 24.3 Å². The monoisotopic (exact) mass is 223 g/mol. The van der Waals surface area contributed by atoms with Gasteiger partial charge in [-0.3, -0.25) is 4.79 Å². The van der Waals surface area contributed by atoms with E-state index in [1.807, 2.05) is 12.1 Å². The molecule has 0 saturated heterocycles. The second-order valence-electron chi connectivity index (χ2n) is 4.13. The molecule has 0 aliphatic heterocycles. The first-order chi connectivity index (χ1) is 7.18. The summed E-state index contributed by atoms with van der Waals surface area (Å²) in [6, 6.07) is 6.68. The zero-order valence-corrected chi connectivity index (χ0v) is 9.20. The van der Waals surface area contributed by atoms with Gasteiger partial charge in [-0.2, -0.15) is 0 Å². The van der Waals surface area contributed by atoms with Crippen molar-refractivity contribution < 1.29 is 4.79 Å². The van der Waals surface area contributed by atoms with Crippen LogP contribution >= 0.6 is 11.6 Å². The van der Waals surface area contributed by atoms with Crippen molar-refractivity contribution in [1.82, 2.24) is 0 Å². The van der Waals surface area contributed by atoms with Gasteiger partial charge in [0, 0.05) is 5.56 Å². The van der Waals surface area contributed by atoms with Crippen LogP contribution in [-0.2, 0) is 0 Å². The van der Waals surface area contributed by atoms with E-state index in [1.165, 1.54) is 12.8 Å². The summed E-state index contributed by atoms with van der Waals surface area (Å²) < 4.78 is 0. The van der Waals surface area contributed by atoms with Crippen molar-refractivity contribution in [3.05, 3.63) is 34.9 Å². The average Bonchev–Trinajstić information content (AvgIpc) is 3.01. The Morgan fingerprint density at radius 1 is 1.47 bits per heavy atom. The zero-order valence-electron chi connectivity index (χ0n) is 8.45. The van der Waals surface area contributed by atoms with Crippen LogP contribution in [0.4, 0.5) is 0 Å². The highest BCUT2D eigenvalue weighted by atomic mass is 35.5. The number of ketones is 1. The van der Waals surface area contributed by atoms with E-state index in [1.54, 1.807) is 12.1 Å². The van der Waals surface area contributed by atoms with Gasteiger partial charge in [-0.05, 0) is 24.5 Å². The molecule has 3 heteroatoms. The van der Waals surface area contributed by atoms with Gasteiger partial charge < -0.3 is 5.73 Å². The van der Waals surface area contributed by atoms with Gasteiger partial charge in [0.15, 0.2) is 5.78 Å². The minimum absolute atomic E-state index is 0.0347. The SMILES string of the molecule is NC(CC1CC1)C(=O)c1ccccc1Cl. The van der Waals surface area contributed by atoms with Gasteiger partial charge in [-0.25, -0.2) is 0 Å². The van der Waals surface area contributed by atoms with Gasteiger partial charge in [0.2, 0.25) is 0 Å². The van der Waals surface area contributed by atoms with Crippen molar-refractivity contribution in [2.24, 2.45) is 11.7 Å². The molecule has 1 aromatic rings. The largest absolute Gasteiger partial charge is 0.321 e. The maximum atomic E-state index is 11.9. The Kier molecular flexibility index (Phi) is 3.08. The Morgan fingerprint density at radius 3 is 2.73 bits per heavy atom. The minimum atomic E-state index is -0.391. The Bertz CT molecular complexity index is 374. The summed E-state index contributed by atoms with van der Waals surface area (Å²) in [5, 5.41) is 0.494. The molecule has 1 aliphatic carbocycles. The Hall–Kier alpha value is -0.860. The van der Waals surface area contributed by atoms with Gasteiger partial charge in [0.25, 0.3) is 0 Å². The van der Waals surface area contributed by atoms with Crippen molar-refractivity contribution >= 4 is 17.4 Å². The molecule has 0 bridgehead atoms. The minimum Gasteiger partial charge on any atom is -0.321 e. The van der Waals surface area contributed by atoms with E-state index in [0.717, 1.165) is 6.42 Å². The van der Waals surface area contributed by atoms with Crippen LogP contribution in [-0.4, -0.2) is 11.8 Å². The number of carbonyl (C=O) groups excluding carboxylic acids is 1. The topological polar surface area (TPSA) is 43.1 Å². The van der Waals surface area contributed by atoms with E-state index < -0.39 is 6.04 Å². The molecule has 2 nitrogen and oxygen atoms in total. The molecule has 1 aliphatic rings. The summed E-state index contributed by atoms with van der Waals surface area (Å²) in [6.45, 7) is 0. The number of benzene rings is 1. The molecule has 1 aromatic carbocycles. The summed E-state index contributed by atoms with van der Waals surface area (Å²) in [5.74, 6) is 0.624. The first kappa shape index (κ1) is 10.7. The van der Waals surface area contributed by atoms with Gasteiger partial charge in [0.05, 0.1) is 11.1 Å². The highest BCUT2D eigenvalue weighted by Gasteiger charge is 2.28. The van der Waals surface area contributed by atoms with Crippen molar-refractivity contribution in [1.29, 1.82) is 0 Å². The van der Waals surface area contributed by atoms with Crippen molar-refractivity contribution in [3.63, 3.8) is 0 Å². The molecular weight excluding hydrogens is 210 g/mol. The molecule has 1 saturated carbocycles. The van der Waals surface area contributed by atoms with Crippen LogP contribution in [0.3, 0.4) is 0 Å². The number of hydrogen-bond acceptors (Lipinski definition) is 2. The van der Waals surface area contributed by atoms with Gasteiger partial charge in [0.1, 0.15) is 0 Å². The predicted molar refractivity (Wildman–Crippen MR) is 61.1 cm³/mol. The summed E-state index contributed by atoms with van der Waals surface area (Å²) in [6.07, 6.45) is 3.22. The average molecular weight is 224 g/mol. The van der Waals surface area contributed by atoms with E-state index >= 15 is 0 Å². The molecule has 0 heterocycles. The lowest BCUT2D eigenvalue weighted by Crippen LogP contribution is -2.31. The Morgan fingerprint density at radius 2 is 2.13 bits per heavy atom. The van der Waals surface area contributed by atoms with E-state index in [2.05, 4.69) is 0 Å². The first-order valence-electron chi connectivity index (χ1n) is 5.23. The molecule has 1 fully saturated rings. The third kappa shape index (κ3) is 2.58.